The van der Waals surface area contributed by atoms with Crippen molar-refractivity contribution in [1.29, 1.82) is 0 Å². The second-order valence-corrected chi connectivity index (χ2v) is 5.57. The number of nitrogens with one attached hydrogen (secondary N) is 1. The first-order valence-electron chi connectivity index (χ1n) is 6.56. The number of unbranched alkanes of at least 4 members (excludes halogenated alkanes) is 1. The van der Waals surface area contributed by atoms with E-state index >= 15 is 0 Å². The van der Waals surface area contributed by atoms with Crippen molar-refractivity contribution in [1.82, 2.24) is 5.32 Å². The molecule has 0 heterocycles. The van der Waals surface area contributed by atoms with E-state index < -0.39 is 0 Å². The molecule has 1 aliphatic carbocycles. The summed E-state index contributed by atoms with van der Waals surface area (Å²) in [5.41, 5.74) is 5.60. The predicted molar refractivity (Wildman–Crippen MR) is 67.0 cm³/mol. The smallest absolute Gasteiger partial charge is 0.223 e. The summed E-state index contributed by atoms with van der Waals surface area (Å²) in [7, 11) is 0. The molecule has 1 unspecified atom stereocenters. The molecule has 1 atom stereocenters. The Morgan fingerprint density at radius 3 is 2.75 bits per heavy atom. The summed E-state index contributed by atoms with van der Waals surface area (Å²) < 4.78 is 0. The highest BCUT2D eigenvalue weighted by molar-refractivity contribution is 5.79. The molecule has 0 bridgehead atoms. The summed E-state index contributed by atoms with van der Waals surface area (Å²) >= 11 is 0. The third kappa shape index (κ3) is 3.78. The van der Waals surface area contributed by atoms with E-state index in [9.17, 15) is 4.79 Å². The highest BCUT2D eigenvalue weighted by Crippen LogP contribution is 2.40. The molecule has 0 radical (unpaired) electrons. The van der Waals surface area contributed by atoms with Gasteiger partial charge in [0, 0.05) is 12.5 Å². The van der Waals surface area contributed by atoms with Crippen molar-refractivity contribution in [3.63, 3.8) is 0 Å². The van der Waals surface area contributed by atoms with Crippen LogP contribution < -0.4 is 11.1 Å². The fourth-order valence-corrected chi connectivity index (χ4v) is 2.58. The zero-order valence-corrected chi connectivity index (χ0v) is 10.7. The van der Waals surface area contributed by atoms with E-state index in [2.05, 4.69) is 19.2 Å². The maximum atomic E-state index is 12.0. The maximum absolute atomic E-state index is 12.0. The third-order valence-corrected chi connectivity index (χ3v) is 3.75. The van der Waals surface area contributed by atoms with E-state index in [1.54, 1.807) is 0 Å². The van der Waals surface area contributed by atoms with Gasteiger partial charge >= 0.3 is 0 Å². The molecule has 3 nitrogen and oxygen atoms in total. The van der Waals surface area contributed by atoms with Gasteiger partial charge in [-0.2, -0.15) is 0 Å². The highest BCUT2D eigenvalue weighted by Gasteiger charge is 2.36. The number of carbonyl (C=O) groups excluding carboxylic acids is 1. The molecule has 1 rings (SSSR count). The van der Waals surface area contributed by atoms with Gasteiger partial charge in [0.1, 0.15) is 0 Å². The fourth-order valence-electron chi connectivity index (χ4n) is 2.58. The Labute approximate surface area is 99.2 Å². The molecule has 1 aliphatic rings. The zero-order valence-electron chi connectivity index (χ0n) is 10.7. The van der Waals surface area contributed by atoms with Crippen LogP contribution in [0, 0.1) is 11.3 Å². The van der Waals surface area contributed by atoms with Crippen LogP contribution in [0.2, 0.25) is 0 Å². The summed E-state index contributed by atoms with van der Waals surface area (Å²) in [5, 5.41) is 3.05. The number of amides is 1. The summed E-state index contributed by atoms with van der Waals surface area (Å²) in [5.74, 6) is 0.459. The molecule has 0 aromatic rings. The van der Waals surface area contributed by atoms with Gasteiger partial charge < -0.3 is 11.1 Å². The highest BCUT2D eigenvalue weighted by atomic mass is 16.1. The summed E-state index contributed by atoms with van der Waals surface area (Å²) in [4.78, 5) is 12.0. The van der Waals surface area contributed by atoms with Crippen LogP contribution in [0.25, 0.3) is 0 Å². The van der Waals surface area contributed by atoms with Crippen molar-refractivity contribution in [3.8, 4) is 0 Å². The Morgan fingerprint density at radius 1 is 1.38 bits per heavy atom. The second-order valence-electron chi connectivity index (χ2n) is 5.57. The minimum absolute atomic E-state index is 0.177. The Balaban J connectivity index is 2.34. The van der Waals surface area contributed by atoms with Gasteiger partial charge in [-0.1, -0.05) is 26.7 Å². The van der Waals surface area contributed by atoms with E-state index in [-0.39, 0.29) is 17.2 Å². The molecular weight excluding hydrogens is 200 g/mol. The quantitative estimate of drug-likeness (QED) is 0.705. The van der Waals surface area contributed by atoms with Gasteiger partial charge in [0.25, 0.3) is 0 Å². The van der Waals surface area contributed by atoms with Crippen molar-refractivity contribution in [3.05, 3.63) is 0 Å². The largest absolute Gasteiger partial charge is 0.356 e. The van der Waals surface area contributed by atoms with Crippen molar-refractivity contribution in [2.75, 3.05) is 13.1 Å². The molecule has 3 N–H and O–H groups in total. The number of rotatable bonds is 5. The lowest BCUT2D eigenvalue weighted by atomic mass is 9.68. The lowest BCUT2D eigenvalue weighted by Gasteiger charge is -2.37. The van der Waals surface area contributed by atoms with Gasteiger partial charge in [0.15, 0.2) is 0 Å². The van der Waals surface area contributed by atoms with Crippen LogP contribution in [-0.4, -0.2) is 19.0 Å². The van der Waals surface area contributed by atoms with Gasteiger partial charge in [0.05, 0.1) is 0 Å². The van der Waals surface area contributed by atoms with Gasteiger partial charge in [0.2, 0.25) is 5.91 Å². The van der Waals surface area contributed by atoms with E-state index in [4.69, 9.17) is 5.73 Å². The molecular formula is C13H26N2O. The molecule has 0 spiro atoms. The molecule has 0 aromatic heterocycles. The summed E-state index contributed by atoms with van der Waals surface area (Å²) in [6, 6.07) is 0. The first-order valence-corrected chi connectivity index (χ1v) is 6.56. The Kier molecular flexibility index (Phi) is 5.26. The predicted octanol–water partition coefficient (Wildman–Crippen LogP) is 2.06. The zero-order chi connectivity index (χ0) is 12.0. The molecule has 0 aromatic carbocycles. The molecule has 3 heteroatoms. The number of nitrogens with two attached hydrogens (primary N) is 1. The maximum Gasteiger partial charge on any atom is 0.223 e. The van der Waals surface area contributed by atoms with Crippen LogP contribution in [0.4, 0.5) is 0 Å². The standard InChI is InChI=1S/C13H26N2O/c1-13(2)8-4-3-7-11(13)12(16)15-10-6-5-9-14/h11H,3-10,14H2,1-2H3,(H,15,16). The lowest BCUT2D eigenvalue weighted by Crippen LogP contribution is -2.41. The summed E-state index contributed by atoms with van der Waals surface area (Å²) in [6.07, 6.45) is 6.68. The minimum Gasteiger partial charge on any atom is -0.356 e. The monoisotopic (exact) mass is 226 g/mol. The molecule has 1 saturated carbocycles. The SMILES string of the molecule is CC1(C)CCCCC1C(=O)NCCCCN. The molecule has 0 aliphatic heterocycles. The lowest BCUT2D eigenvalue weighted by molar-refractivity contribution is -0.130. The van der Waals surface area contributed by atoms with Crippen LogP contribution in [0.1, 0.15) is 52.4 Å². The molecule has 94 valence electrons. The normalized spacial score (nSPS) is 24.1. The van der Waals surface area contributed by atoms with Gasteiger partial charge in [-0.15, -0.1) is 0 Å². The van der Waals surface area contributed by atoms with Crippen LogP contribution >= 0.6 is 0 Å². The van der Waals surface area contributed by atoms with Crippen LogP contribution in [0.3, 0.4) is 0 Å². The van der Waals surface area contributed by atoms with E-state index in [0.29, 0.717) is 6.54 Å². The summed E-state index contributed by atoms with van der Waals surface area (Å²) in [6.45, 7) is 5.93. The van der Waals surface area contributed by atoms with Crippen molar-refractivity contribution >= 4 is 5.91 Å². The van der Waals surface area contributed by atoms with Gasteiger partial charge in [-0.3, -0.25) is 4.79 Å². The average molecular weight is 226 g/mol. The molecule has 16 heavy (non-hydrogen) atoms. The first-order chi connectivity index (χ1) is 7.58. The molecule has 1 fully saturated rings. The minimum atomic E-state index is 0.177. The molecule has 1 amide bonds. The average Bonchev–Trinajstić information content (AvgIpc) is 2.23. The number of hydrogen-bond donors (Lipinski definition) is 2. The van der Waals surface area contributed by atoms with Gasteiger partial charge in [-0.25, -0.2) is 0 Å². The number of carbonyl (C=O) groups is 1. The van der Waals surface area contributed by atoms with E-state index in [0.717, 1.165) is 25.8 Å². The second kappa shape index (κ2) is 6.24. The van der Waals surface area contributed by atoms with Crippen molar-refractivity contribution < 1.29 is 4.79 Å². The van der Waals surface area contributed by atoms with E-state index in [1.807, 2.05) is 0 Å². The Hall–Kier alpha value is -0.570. The Bertz CT molecular complexity index is 226. The fraction of sp³-hybridized carbons (Fsp3) is 0.923. The van der Waals surface area contributed by atoms with Crippen LogP contribution in [0.15, 0.2) is 0 Å². The number of hydrogen-bond acceptors (Lipinski definition) is 2. The first kappa shape index (κ1) is 13.5. The third-order valence-electron chi connectivity index (χ3n) is 3.75. The van der Waals surface area contributed by atoms with Gasteiger partial charge in [-0.05, 0) is 37.6 Å². The van der Waals surface area contributed by atoms with Crippen molar-refractivity contribution in [2.24, 2.45) is 17.1 Å². The van der Waals surface area contributed by atoms with Crippen molar-refractivity contribution in [2.45, 2.75) is 52.4 Å². The topological polar surface area (TPSA) is 55.1 Å². The Morgan fingerprint density at radius 2 is 2.12 bits per heavy atom. The van der Waals surface area contributed by atoms with Crippen LogP contribution in [-0.2, 0) is 4.79 Å². The van der Waals surface area contributed by atoms with Crippen LogP contribution in [0.5, 0.6) is 0 Å². The van der Waals surface area contributed by atoms with E-state index in [1.165, 1.54) is 19.3 Å². The molecule has 0 saturated heterocycles.